The Balaban J connectivity index is 1.99. The second kappa shape index (κ2) is 5.77. The Labute approximate surface area is 106 Å². The zero-order valence-corrected chi connectivity index (χ0v) is 9.98. The van der Waals surface area contributed by atoms with Crippen LogP contribution in [0.4, 0.5) is 0 Å². The van der Waals surface area contributed by atoms with E-state index >= 15 is 0 Å². The highest BCUT2D eigenvalue weighted by Crippen LogP contribution is 2.27. The smallest absolute Gasteiger partial charge is 0.108 e. The molecule has 5 nitrogen and oxygen atoms in total. The van der Waals surface area contributed by atoms with Gasteiger partial charge in [0, 0.05) is 18.5 Å². The zero-order valence-electron chi connectivity index (χ0n) is 9.98. The summed E-state index contributed by atoms with van der Waals surface area (Å²) in [4.78, 5) is 0. The summed E-state index contributed by atoms with van der Waals surface area (Å²) in [6.07, 6.45) is -3.38. The maximum absolute atomic E-state index is 9.82. The average Bonchev–Trinajstić information content (AvgIpc) is 2.61. The maximum atomic E-state index is 9.82. The molecule has 0 heterocycles. The molecule has 0 radical (unpaired) electrons. The van der Waals surface area contributed by atoms with Crippen LogP contribution in [-0.4, -0.2) is 51.4 Å². The third kappa shape index (κ3) is 2.55. The second-order valence-electron chi connectivity index (χ2n) is 4.71. The fourth-order valence-electron chi connectivity index (χ4n) is 2.46. The Hall–Kier alpha value is -0.980. The van der Waals surface area contributed by atoms with Gasteiger partial charge in [0.2, 0.25) is 0 Å². The minimum atomic E-state index is -1.21. The van der Waals surface area contributed by atoms with Gasteiger partial charge in [-0.25, -0.2) is 0 Å². The van der Waals surface area contributed by atoms with Gasteiger partial charge in [-0.3, -0.25) is 0 Å². The molecule has 0 aromatic heterocycles. The Bertz CT molecular complexity index is 373. The lowest BCUT2D eigenvalue weighted by Gasteiger charge is -2.22. The van der Waals surface area contributed by atoms with E-state index in [1.807, 2.05) is 30.3 Å². The van der Waals surface area contributed by atoms with Crippen molar-refractivity contribution in [2.45, 2.75) is 30.9 Å². The van der Waals surface area contributed by atoms with Gasteiger partial charge >= 0.3 is 0 Å². The lowest BCUT2D eigenvalue weighted by molar-refractivity contribution is -0.0312. The molecule has 5 N–H and O–H groups in total. The summed E-state index contributed by atoms with van der Waals surface area (Å²) in [7, 11) is 0. The summed E-state index contributed by atoms with van der Waals surface area (Å²) >= 11 is 0. The van der Waals surface area contributed by atoms with Crippen molar-refractivity contribution in [3.05, 3.63) is 35.9 Å². The summed E-state index contributed by atoms with van der Waals surface area (Å²) in [5.74, 6) is -0.557. The first-order valence-electron chi connectivity index (χ1n) is 6.07. The van der Waals surface area contributed by atoms with Gasteiger partial charge in [-0.15, -0.1) is 0 Å². The normalized spacial score (nSPS) is 35.9. The third-order valence-corrected chi connectivity index (χ3v) is 3.56. The number of aliphatic hydroxyl groups excluding tert-OH is 4. The predicted molar refractivity (Wildman–Crippen MR) is 65.7 cm³/mol. The third-order valence-electron chi connectivity index (χ3n) is 3.56. The molecule has 1 aliphatic carbocycles. The van der Waals surface area contributed by atoms with Crippen molar-refractivity contribution in [2.24, 2.45) is 5.92 Å². The molecule has 0 spiro atoms. The SMILES string of the molecule is OC[C@H]1[C@H](O)[C@@H](O)[C@@H](O)[C@H]1NCc1ccccc1. The first-order valence-corrected chi connectivity index (χ1v) is 6.07. The van der Waals surface area contributed by atoms with E-state index in [0.717, 1.165) is 5.56 Å². The van der Waals surface area contributed by atoms with E-state index in [-0.39, 0.29) is 6.61 Å². The molecule has 100 valence electrons. The highest BCUT2D eigenvalue weighted by atomic mass is 16.4. The van der Waals surface area contributed by atoms with Crippen molar-refractivity contribution < 1.29 is 20.4 Å². The van der Waals surface area contributed by atoms with Crippen LogP contribution in [0.25, 0.3) is 0 Å². The van der Waals surface area contributed by atoms with Crippen molar-refractivity contribution >= 4 is 0 Å². The van der Waals surface area contributed by atoms with Crippen LogP contribution in [0.15, 0.2) is 30.3 Å². The van der Waals surface area contributed by atoms with Gasteiger partial charge in [0.25, 0.3) is 0 Å². The minimum absolute atomic E-state index is 0.276. The first-order chi connectivity index (χ1) is 8.65. The van der Waals surface area contributed by atoms with Crippen LogP contribution in [0.1, 0.15) is 5.56 Å². The molecule has 0 unspecified atom stereocenters. The summed E-state index contributed by atoms with van der Waals surface area (Å²) < 4.78 is 0. The maximum Gasteiger partial charge on any atom is 0.108 e. The van der Waals surface area contributed by atoms with E-state index in [1.54, 1.807) is 0 Å². The van der Waals surface area contributed by atoms with Crippen LogP contribution in [0.2, 0.25) is 0 Å². The first kappa shape index (κ1) is 13.5. The summed E-state index contributed by atoms with van der Waals surface area (Å²) in [5, 5.41) is 41.4. The number of hydrogen-bond donors (Lipinski definition) is 5. The average molecular weight is 253 g/mol. The standard InChI is InChI=1S/C13H19NO4/c15-7-9-10(12(17)13(18)11(9)16)14-6-8-4-2-1-3-5-8/h1-5,9-18H,6-7H2/t9-,10+,11+,12+,13-/m1/s1. The van der Waals surface area contributed by atoms with Crippen LogP contribution >= 0.6 is 0 Å². The van der Waals surface area contributed by atoms with Gasteiger partial charge in [-0.05, 0) is 5.56 Å². The van der Waals surface area contributed by atoms with E-state index in [0.29, 0.717) is 6.54 Å². The van der Waals surface area contributed by atoms with Gasteiger partial charge in [0.1, 0.15) is 6.10 Å². The Kier molecular flexibility index (Phi) is 4.31. The Morgan fingerprint density at radius 3 is 2.22 bits per heavy atom. The molecule has 5 atom stereocenters. The molecule has 0 aliphatic heterocycles. The predicted octanol–water partition coefficient (Wildman–Crippen LogP) is -1.15. The van der Waals surface area contributed by atoms with Gasteiger partial charge in [0.15, 0.2) is 0 Å². The molecule has 1 aromatic carbocycles. The molecule has 2 rings (SSSR count). The highest BCUT2D eigenvalue weighted by molar-refractivity contribution is 5.15. The summed E-state index contributed by atoms with van der Waals surface area (Å²) in [6, 6.07) is 9.10. The van der Waals surface area contributed by atoms with Crippen LogP contribution in [0.3, 0.4) is 0 Å². The molecule has 18 heavy (non-hydrogen) atoms. The lowest BCUT2D eigenvalue weighted by atomic mass is 10.0. The van der Waals surface area contributed by atoms with Crippen molar-refractivity contribution in [2.75, 3.05) is 6.61 Å². The highest BCUT2D eigenvalue weighted by Gasteiger charge is 2.48. The van der Waals surface area contributed by atoms with Crippen LogP contribution < -0.4 is 5.32 Å². The summed E-state index contributed by atoms with van der Waals surface area (Å²) in [5.41, 5.74) is 1.04. The van der Waals surface area contributed by atoms with E-state index < -0.39 is 30.3 Å². The van der Waals surface area contributed by atoms with Crippen LogP contribution in [0, 0.1) is 5.92 Å². The Morgan fingerprint density at radius 1 is 0.944 bits per heavy atom. The number of hydrogen-bond acceptors (Lipinski definition) is 5. The molecule has 1 fully saturated rings. The quantitative estimate of drug-likeness (QED) is 0.467. The molecular weight excluding hydrogens is 234 g/mol. The van der Waals surface area contributed by atoms with Crippen LogP contribution in [0.5, 0.6) is 0 Å². The molecule has 0 saturated heterocycles. The van der Waals surface area contributed by atoms with E-state index in [1.165, 1.54) is 0 Å². The monoisotopic (exact) mass is 253 g/mol. The molecule has 1 saturated carbocycles. The topological polar surface area (TPSA) is 93.0 Å². The van der Waals surface area contributed by atoms with Gasteiger partial charge in [-0.1, -0.05) is 30.3 Å². The zero-order chi connectivity index (χ0) is 13.1. The lowest BCUT2D eigenvalue weighted by Crippen LogP contribution is -2.43. The van der Waals surface area contributed by atoms with Gasteiger partial charge in [0.05, 0.1) is 18.8 Å². The van der Waals surface area contributed by atoms with Crippen molar-refractivity contribution in [3.8, 4) is 0 Å². The van der Waals surface area contributed by atoms with Gasteiger partial charge in [-0.2, -0.15) is 0 Å². The summed E-state index contributed by atoms with van der Waals surface area (Å²) in [6.45, 7) is 0.236. The largest absolute Gasteiger partial charge is 0.396 e. The fourth-order valence-corrected chi connectivity index (χ4v) is 2.46. The van der Waals surface area contributed by atoms with E-state index in [2.05, 4.69) is 5.32 Å². The molecule has 1 aromatic rings. The molecular formula is C13H19NO4. The van der Waals surface area contributed by atoms with Crippen molar-refractivity contribution in [1.82, 2.24) is 5.32 Å². The molecule has 0 bridgehead atoms. The number of nitrogens with one attached hydrogen (secondary N) is 1. The molecule has 1 aliphatic rings. The van der Waals surface area contributed by atoms with Gasteiger partial charge < -0.3 is 25.7 Å². The minimum Gasteiger partial charge on any atom is -0.396 e. The van der Waals surface area contributed by atoms with E-state index in [4.69, 9.17) is 0 Å². The second-order valence-corrected chi connectivity index (χ2v) is 4.71. The molecule has 0 amide bonds. The fraction of sp³-hybridized carbons (Fsp3) is 0.538. The Morgan fingerprint density at radius 2 is 1.61 bits per heavy atom. The molecule has 5 heteroatoms. The number of benzene rings is 1. The number of rotatable bonds is 4. The number of aliphatic hydroxyl groups is 4. The van der Waals surface area contributed by atoms with Crippen LogP contribution in [-0.2, 0) is 6.54 Å². The van der Waals surface area contributed by atoms with Crippen molar-refractivity contribution in [3.63, 3.8) is 0 Å². The van der Waals surface area contributed by atoms with E-state index in [9.17, 15) is 20.4 Å². The van der Waals surface area contributed by atoms with Crippen molar-refractivity contribution in [1.29, 1.82) is 0 Å².